The van der Waals surface area contributed by atoms with E-state index in [1.54, 1.807) is 65.0 Å². The summed E-state index contributed by atoms with van der Waals surface area (Å²) in [6.45, 7) is 0. The molecule has 0 bridgehead atoms. The minimum Gasteiger partial charge on any atom is -0.493 e. The predicted octanol–water partition coefficient (Wildman–Crippen LogP) is 5.00. The molecule has 7 nitrogen and oxygen atoms in total. The number of carbonyl (C=O) groups is 1. The molecule has 168 valence electrons. The van der Waals surface area contributed by atoms with Crippen LogP contribution in [0.4, 0.5) is 0 Å². The molecule has 1 atom stereocenters. The van der Waals surface area contributed by atoms with Crippen LogP contribution in [0.1, 0.15) is 22.9 Å². The fraction of sp³-hybridized carbons (Fsp3) is 0.208. The maximum absolute atomic E-state index is 12.8. The van der Waals surface area contributed by atoms with Crippen molar-refractivity contribution in [2.75, 3.05) is 28.4 Å². The Bertz CT molecular complexity index is 1090. The van der Waals surface area contributed by atoms with E-state index in [2.05, 4.69) is 21.2 Å². The Morgan fingerprint density at radius 1 is 0.938 bits per heavy atom. The highest BCUT2D eigenvalue weighted by Gasteiger charge is 2.23. The third kappa shape index (κ3) is 5.26. The highest BCUT2D eigenvalue weighted by atomic mass is 79.9. The summed E-state index contributed by atoms with van der Waals surface area (Å²) in [5, 5.41) is 3.04. The number of nitrogens with one attached hydrogen (secondary N) is 1. The number of amides is 1. The van der Waals surface area contributed by atoms with E-state index in [1.807, 2.05) is 18.2 Å². The molecular weight excluding hydrogens is 478 g/mol. The summed E-state index contributed by atoms with van der Waals surface area (Å²) in [5.41, 5.74) is 1.56. The van der Waals surface area contributed by atoms with Crippen LogP contribution in [-0.2, 0) is 4.79 Å². The van der Waals surface area contributed by atoms with Gasteiger partial charge in [-0.2, -0.15) is 0 Å². The van der Waals surface area contributed by atoms with Gasteiger partial charge in [0.2, 0.25) is 5.91 Å². The van der Waals surface area contributed by atoms with Crippen molar-refractivity contribution < 1.29 is 28.2 Å². The van der Waals surface area contributed by atoms with Crippen molar-refractivity contribution >= 4 is 27.9 Å². The molecule has 0 unspecified atom stereocenters. The average Bonchev–Trinajstić information content (AvgIpc) is 3.34. The Morgan fingerprint density at radius 2 is 1.59 bits per heavy atom. The predicted molar refractivity (Wildman–Crippen MR) is 125 cm³/mol. The standard InChI is InChI=1S/C24H24BrNO6/c1-28-19-9-7-15(12-20(19)29-2)24(26-23(27)10-8-16-6-5-11-32-16)17-13-21(30-3)22(31-4)14-18(17)25/h5-14,24H,1-4H3,(H,26,27)/b10-8-/t24-/m0/s1. The van der Waals surface area contributed by atoms with E-state index < -0.39 is 6.04 Å². The molecule has 0 radical (unpaired) electrons. The van der Waals surface area contributed by atoms with Crippen molar-refractivity contribution in [2.45, 2.75) is 6.04 Å². The zero-order valence-electron chi connectivity index (χ0n) is 18.2. The van der Waals surface area contributed by atoms with Crippen LogP contribution in [0.2, 0.25) is 0 Å². The van der Waals surface area contributed by atoms with Gasteiger partial charge in [-0.1, -0.05) is 22.0 Å². The Hall–Kier alpha value is -3.39. The largest absolute Gasteiger partial charge is 0.493 e. The van der Waals surface area contributed by atoms with Gasteiger partial charge in [0.25, 0.3) is 0 Å². The second kappa shape index (κ2) is 10.8. The molecule has 0 saturated carbocycles. The number of furan rings is 1. The Kier molecular flexibility index (Phi) is 7.83. The Balaban J connectivity index is 2.04. The molecule has 0 spiro atoms. The van der Waals surface area contributed by atoms with Gasteiger partial charge in [-0.15, -0.1) is 0 Å². The number of hydrogen-bond donors (Lipinski definition) is 1. The van der Waals surface area contributed by atoms with Crippen LogP contribution in [0.25, 0.3) is 6.08 Å². The highest BCUT2D eigenvalue weighted by Crippen LogP contribution is 2.39. The highest BCUT2D eigenvalue weighted by molar-refractivity contribution is 9.10. The lowest BCUT2D eigenvalue weighted by Gasteiger charge is -2.23. The van der Waals surface area contributed by atoms with Crippen LogP contribution >= 0.6 is 15.9 Å². The normalized spacial score (nSPS) is 11.8. The molecule has 0 fully saturated rings. The second-order valence-electron chi connectivity index (χ2n) is 6.63. The van der Waals surface area contributed by atoms with E-state index in [0.29, 0.717) is 28.8 Å². The van der Waals surface area contributed by atoms with Crippen LogP contribution in [-0.4, -0.2) is 34.3 Å². The fourth-order valence-corrected chi connectivity index (χ4v) is 3.75. The van der Waals surface area contributed by atoms with Gasteiger partial charge in [-0.3, -0.25) is 4.79 Å². The number of methoxy groups -OCH3 is 4. The topological polar surface area (TPSA) is 79.2 Å². The monoisotopic (exact) mass is 501 g/mol. The van der Waals surface area contributed by atoms with Crippen molar-refractivity contribution in [1.82, 2.24) is 5.32 Å². The van der Waals surface area contributed by atoms with E-state index in [4.69, 9.17) is 23.4 Å². The zero-order valence-corrected chi connectivity index (χ0v) is 19.8. The van der Waals surface area contributed by atoms with Gasteiger partial charge < -0.3 is 28.7 Å². The Labute approximate surface area is 195 Å². The van der Waals surface area contributed by atoms with Gasteiger partial charge in [0, 0.05) is 10.5 Å². The van der Waals surface area contributed by atoms with Gasteiger partial charge in [0.1, 0.15) is 5.76 Å². The molecule has 1 heterocycles. The van der Waals surface area contributed by atoms with Gasteiger partial charge in [0.15, 0.2) is 23.0 Å². The summed E-state index contributed by atoms with van der Waals surface area (Å²) in [6.07, 6.45) is 4.57. The molecule has 0 saturated heterocycles. The van der Waals surface area contributed by atoms with E-state index in [0.717, 1.165) is 15.6 Å². The number of benzene rings is 2. The zero-order chi connectivity index (χ0) is 23.1. The van der Waals surface area contributed by atoms with E-state index >= 15 is 0 Å². The molecule has 1 aromatic heterocycles. The first-order valence-corrected chi connectivity index (χ1v) is 10.5. The molecule has 1 N–H and O–H groups in total. The third-order valence-electron chi connectivity index (χ3n) is 4.78. The maximum atomic E-state index is 12.8. The number of rotatable bonds is 9. The fourth-order valence-electron chi connectivity index (χ4n) is 3.20. The van der Waals surface area contributed by atoms with Crippen LogP contribution in [0.3, 0.4) is 0 Å². The van der Waals surface area contributed by atoms with Crippen LogP contribution in [0.5, 0.6) is 23.0 Å². The van der Waals surface area contributed by atoms with Crippen LogP contribution < -0.4 is 24.3 Å². The minimum absolute atomic E-state index is 0.303. The lowest BCUT2D eigenvalue weighted by molar-refractivity contribution is -0.116. The van der Waals surface area contributed by atoms with E-state index in [1.165, 1.54) is 6.08 Å². The summed E-state index contributed by atoms with van der Waals surface area (Å²) < 4.78 is 27.7. The molecule has 1 amide bonds. The first-order chi connectivity index (χ1) is 15.5. The van der Waals surface area contributed by atoms with Gasteiger partial charge >= 0.3 is 0 Å². The summed E-state index contributed by atoms with van der Waals surface area (Å²) in [4.78, 5) is 12.8. The van der Waals surface area contributed by atoms with Crippen molar-refractivity contribution in [3.63, 3.8) is 0 Å². The number of halogens is 1. The molecule has 2 aromatic carbocycles. The van der Waals surface area contributed by atoms with Gasteiger partial charge in [-0.25, -0.2) is 0 Å². The smallest absolute Gasteiger partial charge is 0.244 e. The molecule has 32 heavy (non-hydrogen) atoms. The van der Waals surface area contributed by atoms with Crippen LogP contribution in [0.15, 0.2) is 63.7 Å². The minimum atomic E-state index is -0.530. The van der Waals surface area contributed by atoms with Crippen molar-refractivity contribution in [3.05, 3.63) is 76.2 Å². The third-order valence-corrected chi connectivity index (χ3v) is 5.47. The van der Waals surface area contributed by atoms with Crippen molar-refractivity contribution in [1.29, 1.82) is 0 Å². The molecular formula is C24H24BrNO6. The SMILES string of the molecule is COc1ccc([C@H](NC(=O)/C=C\c2ccco2)c2cc(OC)c(OC)cc2Br)cc1OC. The van der Waals surface area contributed by atoms with Gasteiger partial charge in [0.05, 0.1) is 40.7 Å². The number of hydrogen-bond acceptors (Lipinski definition) is 6. The summed E-state index contributed by atoms with van der Waals surface area (Å²) in [6, 6.07) is 12.1. The molecule has 3 aromatic rings. The van der Waals surface area contributed by atoms with Crippen LogP contribution in [0, 0.1) is 0 Å². The van der Waals surface area contributed by atoms with E-state index in [-0.39, 0.29) is 5.91 Å². The van der Waals surface area contributed by atoms with Crippen molar-refractivity contribution in [2.24, 2.45) is 0 Å². The van der Waals surface area contributed by atoms with Crippen molar-refractivity contribution in [3.8, 4) is 23.0 Å². The quantitative estimate of drug-likeness (QED) is 0.415. The maximum Gasteiger partial charge on any atom is 0.244 e. The van der Waals surface area contributed by atoms with Gasteiger partial charge in [-0.05, 0) is 53.6 Å². The second-order valence-corrected chi connectivity index (χ2v) is 7.49. The molecule has 8 heteroatoms. The summed E-state index contributed by atoms with van der Waals surface area (Å²) in [7, 11) is 6.26. The number of carbonyl (C=O) groups excluding carboxylic acids is 1. The van der Waals surface area contributed by atoms with E-state index in [9.17, 15) is 4.79 Å². The lowest BCUT2D eigenvalue weighted by atomic mass is 9.97. The molecule has 0 aliphatic rings. The number of ether oxygens (including phenoxy) is 4. The first-order valence-electron chi connectivity index (χ1n) is 9.66. The first kappa shape index (κ1) is 23.3. The molecule has 0 aliphatic heterocycles. The Morgan fingerprint density at radius 3 is 2.22 bits per heavy atom. The molecule has 0 aliphatic carbocycles. The lowest BCUT2D eigenvalue weighted by Crippen LogP contribution is -2.28. The summed E-state index contributed by atoms with van der Waals surface area (Å²) >= 11 is 3.60. The molecule has 3 rings (SSSR count). The summed E-state index contributed by atoms with van der Waals surface area (Å²) in [5.74, 6) is 2.52. The average molecular weight is 502 g/mol.